The summed E-state index contributed by atoms with van der Waals surface area (Å²) in [5, 5.41) is 0. The molecule has 0 spiro atoms. The molecule has 0 aliphatic carbocycles. The molecule has 0 aromatic heterocycles. The van der Waals surface area contributed by atoms with Crippen molar-refractivity contribution in [2.75, 3.05) is 11.4 Å². The maximum absolute atomic E-state index is 12.5. The van der Waals surface area contributed by atoms with Crippen molar-refractivity contribution in [2.24, 2.45) is 0 Å². The normalized spacial score (nSPS) is 14.9. The van der Waals surface area contributed by atoms with Gasteiger partial charge >= 0.3 is 10.1 Å². The zero-order valence-corrected chi connectivity index (χ0v) is 14.5. The van der Waals surface area contributed by atoms with E-state index in [0.29, 0.717) is 24.4 Å². The molecule has 2 aromatic carbocycles. The fourth-order valence-electron chi connectivity index (χ4n) is 2.68. The van der Waals surface area contributed by atoms with Gasteiger partial charge in [-0.2, -0.15) is 8.42 Å². The second kappa shape index (κ2) is 6.28. The number of hydrogen-bond donors (Lipinski definition) is 0. The molecule has 6 heteroatoms. The highest BCUT2D eigenvalue weighted by Crippen LogP contribution is 2.26. The number of aryl methyl sites for hydroxylation is 2. The van der Waals surface area contributed by atoms with Gasteiger partial charge in [-0.3, -0.25) is 4.79 Å². The first-order valence-electron chi connectivity index (χ1n) is 7.79. The fraction of sp³-hybridized carbons (Fsp3) is 0.278. The third-order valence-corrected chi connectivity index (χ3v) is 5.30. The van der Waals surface area contributed by atoms with Crippen molar-refractivity contribution >= 4 is 21.7 Å². The molecule has 0 bridgehead atoms. The maximum Gasteiger partial charge on any atom is 0.339 e. The first kappa shape index (κ1) is 16.5. The number of hydrogen-bond acceptors (Lipinski definition) is 4. The van der Waals surface area contributed by atoms with Gasteiger partial charge in [-0.05, 0) is 61.7 Å². The van der Waals surface area contributed by atoms with Crippen LogP contribution in [0, 0.1) is 13.8 Å². The summed E-state index contributed by atoms with van der Waals surface area (Å²) in [5.41, 5.74) is 2.39. The van der Waals surface area contributed by atoms with Crippen LogP contribution in [0.4, 0.5) is 5.69 Å². The van der Waals surface area contributed by atoms with Gasteiger partial charge in [0, 0.05) is 18.7 Å². The Labute approximate surface area is 142 Å². The van der Waals surface area contributed by atoms with Gasteiger partial charge in [0.2, 0.25) is 5.91 Å². The monoisotopic (exact) mass is 345 g/mol. The molecule has 3 rings (SSSR count). The van der Waals surface area contributed by atoms with E-state index in [1.54, 1.807) is 30.0 Å². The molecular formula is C18H19NO4S. The van der Waals surface area contributed by atoms with Crippen LogP contribution in [0.25, 0.3) is 0 Å². The molecule has 1 amide bonds. The molecule has 5 nitrogen and oxygen atoms in total. The molecule has 0 radical (unpaired) electrons. The highest BCUT2D eigenvalue weighted by Gasteiger charge is 2.23. The highest BCUT2D eigenvalue weighted by molar-refractivity contribution is 7.87. The van der Waals surface area contributed by atoms with Crippen LogP contribution in [0.5, 0.6) is 5.75 Å². The summed E-state index contributed by atoms with van der Waals surface area (Å²) in [6.45, 7) is 4.34. The number of amides is 1. The largest absolute Gasteiger partial charge is 0.379 e. The van der Waals surface area contributed by atoms with E-state index in [-0.39, 0.29) is 10.8 Å². The molecule has 1 saturated heterocycles. The first-order valence-corrected chi connectivity index (χ1v) is 9.20. The van der Waals surface area contributed by atoms with E-state index in [0.717, 1.165) is 17.5 Å². The zero-order valence-electron chi connectivity index (χ0n) is 13.7. The maximum atomic E-state index is 12.5. The van der Waals surface area contributed by atoms with Crippen molar-refractivity contribution in [1.29, 1.82) is 0 Å². The van der Waals surface area contributed by atoms with Crippen LogP contribution in [0.3, 0.4) is 0 Å². The summed E-state index contributed by atoms with van der Waals surface area (Å²) in [4.78, 5) is 13.5. The standard InChI is InChI=1S/C18H19NO4S/c1-13-5-6-14(2)17(12-13)23-24(21,22)16-9-7-15(8-10-16)19-11-3-4-18(19)20/h5-10,12H,3-4,11H2,1-2H3. The predicted molar refractivity (Wildman–Crippen MR) is 91.8 cm³/mol. The molecule has 0 atom stereocenters. The minimum absolute atomic E-state index is 0.0669. The molecular weight excluding hydrogens is 326 g/mol. The van der Waals surface area contributed by atoms with Crippen LogP contribution in [0.2, 0.25) is 0 Å². The van der Waals surface area contributed by atoms with Gasteiger partial charge in [0.25, 0.3) is 0 Å². The van der Waals surface area contributed by atoms with Crippen LogP contribution < -0.4 is 9.08 Å². The van der Waals surface area contributed by atoms with Gasteiger partial charge in [0.15, 0.2) is 0 Å². The first-order chi connectivity index (χ1) is 11.4. The van der Waals surface area contributed by atoms with Gasteiger partial charge in [-0.1, -0.05) is 12.1 Å². The Balaban J connectivity index is 1.84. The Bertz CT molecular complexity index is 872. The third kappa shape index (κ3) is 3.28. The van der Waals surface area contributed by atoms with E-state index in [2.05, 4.69) is 0 Å². The average Bonchev–Trinajstić information content (AvgIpc) is 2.97. The number of benzene rings is 2. The quantitative estimate of drug-likeness (QED) is 0.798. The molecule has 0 saturated carbocycles. The number of anilines is 1. The summed E-state index contributed by atoms with van der Waals surface area (Å²) in [6.07, 6.45) is 1.37. The van der Waals surface area contributed by atoms with Crippen LogP contribution in [-0.4, -0.2) is 20.9 Å². The van der Waals surface area contributed by atoms with E-state index in [4.69, 9.17) is 4.18 Å². The smallest absolute Gasteiger partial charge is 0.339 e. The lowest BCUT2D eigenvalue weighted by molar-refractivity contribution is -0.117. The Morgan fingerprint density at radius 2 is 1.75 bits per heavy atom. The topological polar surface area (TPSA) is 63.7 Å². The number of carbonyl (C=O) groups excluding carboxylic acids is 1. The van der Waals surface area contributed by atoms with Gasteiger partial charge < -0.3 is 9.08 Å². The van der Waals surface area contributed by atoms with Gasteiger partial charge in [0.1, 0.15) is 10.6 Å². The van der Waals surface area contributed by atoms with Crippen molar-refractivity contribution in [3.05, 3.63) is 53.6 Å². The number of rotatable bonds is 4. The van der Waals surface area contributed by atoms with Gasteiger partial charge in [-0.25, -0.2) is 0 Å². The van der Waals surface area contributed by atoms with Gasteiger partial charge in [-0.15, -0.1) is 0 Å². The second-order valence-corrected chi connectivity index (χ2v) is 7.50. The molecule has 1 heterocycles. The SMILES string of the molecule is Cc1ccc(C)c(OS(=O)(=O)c2ccc(N3CCCC3=O)cc2)c1. The Kier molecular flexibility index (Phi) is 4.32. The predicted octanol–water partition coefficient (Wildman–Crippen LogP) is 3.20. The Hall–Kier alpha value is -2.34. The van der Waals surface area contributed by atoms with E-state index in [9.17, 15) is 13.2 Å². The van der Waals surface area contributed by atoms with Crippen molar-refractivity contribution in [1.82, 2.24) is 0 Å². The molecule has 1 aliphatic rings. The molecule has 24 heavy (non-hydrogen) atoms. The van der Waals surface area contributed by atoms with Crippen molar-refractivity contribution in [3.63, 3.8) is 0 Å². The summed E-state index contributed by atoms with van der Waals surface area (Å²) >= 11 is 0. The molecule has 1 aliphatic heterocycles. The lowest BCUT2D eigenvalue weighted by Crippen LogP contribution is -2.23. The molecule has 0 unspecified atom stereocenters. The van der Waals surface area contributed by atoms with Crippen molar-refractivity contribution in [3.8, 4) is 5.75 Å². The fourth-order valence-corrected chi connectivity index (χ4v) is 3.66. The summed E-state index contributed by atoms with van der Waals surface area (Å²) in [5.74, 6) is 0.394. The highest BCUT2D eigenvalue weighted by atomic mass is 32.2. The van der Waals surface area contributed by atoms with E-state index in [1.807, 2.05) is 19.1 Å². The second-order valence-electron chi connectivity index (χ2n) is 5.95. The summed E-state index contributed by atoms with van der Waals surface area (Å²) in [6, 6.07) is 11.6. The van der Waals surface area contributed by atoms with Crippen LogP contribution in [-0.2, 0) is 14.9 Å². The van der Waals surface area contributed by atoms with Gasteiger partial charge in [0.05, 0.1) is 0 Å². The summed E-state index contributed by atoms with van der Waals surface area (Å²) in [7, 11) is -3.91. The lowest BCUT2D eigenvalue weighted by Gasteiger charge is -2.16. The molecule has 2 aromatic rings. The van der Waals surface area contributed by atoms with Crippen LogP contribution >= 0.6 is 0 Å². The molecule has 0 N–H and O–H groups in total. The minimum Gasteiger partial charge on any atom is -0.379 e. The lowest BCUT2D eigenvalue weighted by atomic mass is 10.1. The van der Waals surface area contributed by atoms with E-state index >= 15 is 0 Å². The van der Waals surface area contributed by atoms with E-state index < -0.39 is 10.1 Å². The van der Waals surface area contributed by atoms with Crippen molar-refractivity contribution in [2.45, 2.75) is 31.6 Å². The molecule has 126 valence electrons. The van der Waals surface area contributed by atoms with E-state index in [1.165, 1.54) is 12.1 Å². The zero-order chi connectivity index (χ0) is 17.3. The van der Waals surface area contributed by atoms with Crippen LogP contribution in [0.1, 0.15) is 24.0 Å². The third-order valence-electron chi connectivity index (χ3n) is 4.05. The summed E-state index contributed by atoms with van der Waals surface area (Å²) < 4.78 is 30.2. The Morgan fingerprint density at radius 1 is 1.04 bits per heavy atom. The van der Waals surface area contributed by atoms with Crippen molar-refractivity contribution < 1.29 is 17.4 Å². The Morgan fingerprint density at radius 3 is 2.38 bits per heavy atom. The minimum atomic E-state index is -3.91. The van der Waals surface area contributed by atoms with Crippen LogP contribution in [0.15, 0.2) is 47.4 Å². The number of carbonyl (C=O) groups is 1. The molecule has 1 fully saturated rings. The average molecular weight is 345 g/mol. The number of nitrogens with zero attached hydrogens (tertiary/aromatic N) is 1.